The molecule has 0 rings (SSSR count). The molecule has 0 aliphatic carbocycles. The first-order valence-electron chi connectivity index (χ1n) is 6.82. The van der Waals surface area contributed by atoms with E-state index in [1.807, 2.05) is 26.0 Å². The Morgan fingerprint density at radius 1 is 0.842 bits per heavy atom. The highest BCUT2D eigenvalue weighted by molar-refractivity contribution is 6.80. The Labute approximate surface area is 116 Å². The van der Waals surface area contributed by atoms with Gasteiger partial charge in [0, 0.05) is 12.8 Å². The molecule has 0 saturated carbocycles. The van der Waals surface area contributed by atoms with Crippen molar-refractivity contribution in [3.8, 4) is 0 Å². The summed E-state index contributed by atoms with van der Waals surface area (Å²) < 4.78 is 10.9. The van der Waals surface area contributed by atoms with Crippen LogP contribution in [-0.2, 0) is 18.4 Å². The van der Waals surface area contributed by atoms with Crippen molar-refractivity contribution in [1.29, 1.82) is 0 Å². The standard InChI is InChI=1S/C14H24O4Si/c1-5-9-11-19(12-10-6-2,17-13(15)7-3)18-14(16)8-4/h9-12H,5-8H2,1-4H3. The molecule has 0 radical (unpaired) electrons. The first-order chi connectivity index (χ1) is 9.03. The van der Waals surface area contributed by atoms with Crippen LogP contribution in [0.3, 0.4) is 0 Å². The van der Waals surface area contributed by atoms with Gasteiger partial charge >= 0.3 is 8.56 Å². The fourth-order valence-corrected chi connectivity index (χ4v) is 3.83. The normalized spacial score (nSPS) is 12.0. The average molecular weight is 284 g/mol. The minimum atomic E-state index is -3.07. The van der Waals surface area contributed by atoms with Crippen LogP contribution in [-0.4, -0.2) is 20.5 Å². The lowest BCUT2D eigenvalue weighted by molar-refractivity contribution is -0.140. The molecule has 5 heteroatoms. The summed E-state index contributed by atoms with van der Waals surface area (Å²) in [7, 11) is -3.07. The Hall–Kier alpha value is -1.36. The summed E-state index contributed by atoms with van der Waals surface area (Å²) in [6, 6.07) is 0. The zero-order valence-corrected chi connectivity index (χ0v) is 13.3. The molecule has 0 aliphatic rings. The van der Waals surface area contributed by atoms with Crippen LogP contribution < -0.4 is 0 Å². The summed E-state index contributed by atoms with van der Waals surface area (Å²) >= 11 is 0. The lowest BCUT2D eigenvalue weighted by Gasteiger charge is -2.23. The van der Waals surface area contributed by atoms with Crippen molar-refractivity contribution < 1.29 is 18.4 Å². The summed E-state index contributed by atoms with van der Waals surface area (Å²) in [6.07, 6.45) is 5.86. The van der Waals surface area contributed by atoms with Gasteiger partial charge in [-0.2, -0.15) is 0 Å². The molecule has 108 valence electrons. The van der Waals surface area contributed by atoms with E-state index < -0.39 is 8.56 Å². The van der Waals surface area contributed by atoms with Crippen molar-refractivity contribution in [3.63, 3.8) is 0 Å². The Bertz CT molecular complexity index is 313. The second-order valence-electron chi connectivity index (χ2n) is 4.00. The van der Waals surface area contributed by atoms with Gasteiger partial charge in [0.05, 0.1) is 0 Å². The van der Waals surface area contributed by atoms with Crippen molar-refractivity contribution in [1.82, 2.24) is 0 Å². The van der Waals surface area contributed by atoms with Crippen LogP contribution in [0.25, 0.3) is 0 Å². The molecule has 0 heterocycles. The van der Waals surface area contributed by atoms with Crippen molar-refractivity contribution in [3.05, 3.63) is 23.6 Å². The van der Waals surface area contributed by atoms with E-state index in [0.717, 1.165) is 12.8 Å². The van der Waals surface area contributed by atoms with Crippen LogP contribution in [0, 0.1) is 0 Å². The molecule has 0 aromatic carbocycles. The molecular formula is C14H24O4Si. The predicted octanol–water partition coefficient (Wildman–Crippen LogP) is 3.35. The monoisotopic (exact) mass is 284 g/mol. The highest BCUT2D eigenvalue weighted by Crippen LogP contribution is 2.15. The van der Waals surface area contributed by atoms with E-state index in [2.05, 4.69) is 0 Å². The van der Waals surface area contributed by atoms with Gasteiger partial charge < -0.3 is 8.85 Å². The fraction of sp³-hybridized carbons (Fsp3) is 0.571. The van der Waals surface area contributed by atoms with Gasteiger partial charge in [-0.1, -0.05) is 39.8 Å². The highest BCUT2D eigenvalue weighted by Gasteiger charge is 2.39. The molecule has 0 unspecified atom stereocenters. The maximum absolute atomic E-state index is 11.6. The zero-order chi connectivity index (χ0) is 14.7. The lowest BCUT2D eigenvalue weighted by Crippen LogP contribution is -2.42. The van der Waals surface area contributed by atoms with Crippen molar-refractivity contribution in [2.45, 2.75) is 53.4 Å². The fourth-order valence-electron chi connectivity index (χ4n) is 1.28. The summed E-state index contributed by atoms with van der Waals surface area (Å²) in [4.78, 5) is 23.2. The van der Waals surface area contributed by atoms with Gasteiger partial charge in [0.15, 0.2) is 0 Å². The van der Waals surface area contributed by atoms with Gasteiger partial charge in [0.25, 0.3) is 11.9 Å². The van der Waals surface area contributed by atoms with Crippen LogP contribution in [0.1, 0.15) is 53.4 Å². The third kappa shape index (κ3) is 6.96. The van der Waals surface area contributed by atoms with E-state index in [4.69, 9.17) is 8.85 Å². The van der Waals surface area contributed by atoms with Crippen molar-refractivity contribution >= 4 is 20.5 Å². The maximum atomic E-state index is 11.6. The number of carbonyl (C=O) groups is 2. The summed E-state index contributed by atoms with van der Waals surface area (Å²) in [6.45, 7) is 7.39. The van der Waals surface area contributed by atoms with Crippen LogP contribution in [0.2, 0.25) is 0 Å². The third-order valence-corrected chi connectivity index (χ3v) is 4.79. The average Bonchev–Trinajstić information content (AvgIpc) is 2.42. The second kappa shape index (κ2) is 9.55. The summed E-state index contributed by atoms with van der Waals surface area (Å²) in [5, 5.41) is 0. The molecule has 0 aliphatic heterocycles. The predicted molar refractivity (Wildman–Crippen MR) is 77.4 cm³/mol. The number of rotatable bonds is 8. The van der Waals surface area contributed by atoms with Gasteiger partial charge in [-0.25, -0.2) is 0 Å². The zero-order valence-electron chi connectivity index (χ0n) is 12.3. The largest absolute Gasteiger partial charge is 0.519 e. The van der Waals surface area contributed by atoms with Gasteiger partial charge in [0.2, 0.25) is 0 Å². The first kappa shape index (κ1) is 17.6. The molecule has 0 saturated heterocycles. The number of hydrogen-bond donors (Lipinski definition) is 0. The van der Waals surface area contributed by atoms with Gasteiger partial charge in [-0.05, 0) is 24.2 Å². The number of carbonyl (C=O) groups excluding carboxylic acids is 2. The number of hydrogen-bond acceptors (Lipinski definition) is 4. The molecule has 0 N–H and O–H groups in total. The quantitative estimate of drug-likeness (QED) is 0.641. The SMILES string of the molecule is CCC=C[Si](C=CCC)(OC(=O)CC)OC(=O)CC. The molecule has 4 nitrogen and oxygen atoms in total. The molecule has 0 spiro atoms. The topological polar surface area (TPSA) is 52.6 Å². The summed E-state index contributed by atoms with van der Waals surface area (Å²) in [5.41, 5.74) is 3.50. The Morgan fingerprint density at radius 2 is 1.21 bits per heavy atom. The molecule has 19 heavy (non-hydrogen) atoms. The van der Waals surface area contributed by atoms with Gasteiger partial charge in [-0.3, -0.25) is 9.59 Å². The van der Waals surface area contributed by atoms with Crippen LogP contribution in [0.5, 0.6) is 0 Å². The van der Waals surface area contributed by atoms with Crippen LogP contribution in [0.4, 0.5) is 0 Å². The minimum Gasteiger partial charge on any atom is -0.479 e. The van der Waals surface area contributed by atoms with E-state index in [9.17, 15) is 9.59 Å². The van der Waals surface area contributed by atoms with Crippen LogP contribution in [0.15, 0.2) is 23.6 Å². The summed E-state index contributed by atoms with van der Waals surface area (Å²) in [5.74, 6) is -0.700. The van der Waals surface area contributed by atoms with Gasteiger partial charge in [-0.15, -0.1) is 0 Å². The Balaban J connectivity index is 5.29. The van der Waals surface area contributed by atoms with Crippen LogP contribution >= 0.6 is 0 Å². The lowest BCUT2D eigenvalue weighted by atomic mass is 10.5. The highest BCUT2D eigenvalue weighted by atomic mass is 28.4. The van der Waals surface area contributed by atoms with Crippen molar-refractivity contribution in [2.24, 2.45) is 0 Å². The smallest absolute Gasteiger partial charge is 0.479 e. The Kier molecular flexibility index (Phi) is 8.87. The Morgan fingerprint density at radius 3 is 1.47 bits per heavy atom. The number of allylic oxidation sites excluding steroid dienone is 2. The third-order valence-electron chi connectivity index (χ3n) is 2.30. The van der Waals surface area contributed by atoms with E-state index in [1.165, 1.54) is 0 Å². The van der Waals surface area contributed by atoms with Crippen molar-refractivity contribution in [2.75, 3.05) is 0 Å². The second-order valence-corrected chi connectivity index (χ2v) is 6.52. The molecule has 0 bridgehead atoms. The molecule has 0 fully saturated rings. The molecule has 0 aromatic rings. The first-order valence-corrected chi connectivity index (χ1v) is 8.79. The van der Waals surface area contributed by atoms with E-state index in [0.29, 0.717) is 0 Å². The molecule has 0 aromatic heterocycles. The van der Waals surface area contributed by atoms with E-state index in [-0.39, 0.29) is 24.8 Å². The maximum Gasteiger partial charge on any atom is 0.519 e. The van der Waals surface area contributed by atoms with Gasteiger partial charge in [0.1, 0.15) is 0 Å². The molecule has 0 atom stereocenters. The van der Waals surface area contributed by atoms with E-state index >= 15 is 0 Å². The molecule has 0 amide bonds. The molecular weight excluding hydrogens is 260 g/mol. The van der Waals surface area contributed by atoms with E-state index in [1.54, 1.807) is 25.2 Å². The minimum absolute atomic E-state index is 0.262.